The molecule has 0 aliphatic carbocycles. The van der Waals surface area contributed by atoms with E-state index in [2.05, 4.69) is 10.0 Å². The Hall–Kier alpha value is -3.30. The third-order valence-electron chi connectivity index (χ3n) is 4.51. The van der Waals surface area contributed by atoms with Gasteiger partial charge in [0.15, 0.2) is 11.6 Å². The first-order chi connectivity index (χ1) is 14.7. The molecule has 0 unspecified atom stereocenters. The molecular formula is C22H21F2N3O3S. The van der Waals surface area contributed by atoms with Crippen LogP contribution in [0.4, 0.5) is 20.2 Å². The van der Waals surface area contributed by atoms with Gasteiger partial charge in [-0.1, -0.05) is 24.3 Å². The third kappa shape index (κ3) is 5.65. The Labute approximate surface area is 179 Å². The van der Waals surface area contributed by atoms with Gasteiger partial charge in [-0.3, -0.25) is 9.52 Å². The van der Waals surface area contributed by atoms with Crippen LogP contribution < -0.4 is 15.8 Å². The van der Waals surface area contributed by atoms with Gasteiger partial charge in [0.05, 0.1) is 17.0 Å². The summed E-state index contributed by atoms with van der Waals surface area (Å²) in [7, 11) is -3.87. The maximum absolute atomic E-state index is 13.3. The Kier molecular flexibility index (Phi) is 6.67. The van der Waals surface area contributed by atoms with E-state index in [1.54, 1.807) is 31.2 Å². The highest BCUT2D eigenvalue weighted by Gasteiger charge is 2.17. The van der Waals surface area contributed by atoms with Gasteiger partial charge < -0.3 is 11.1 Å². The summed E-state index contributed by atoms with van der Waals surface area (Å²) in [5.74, 6) is -2.50. The molecule has 9 heteroatoms. The average Bonchev–Trinajstić information content (AvgIpc) is 2.71. The first-order valence-corrected chi connectivity index (χ1v) is 10.8. The van der Waals surface area contributed by atoms with Crippen molar-refractivity contribution in [1.82, 2.24) is 0 Å². The minimum absolute atomic E-state index is 0.0781. The highest BCUT2D eigenvalue weighted by atomic mass is 32.2. The van der Waals surface area contributed by atoms with Crippen LogP contribution in [-0.4, -0.2) is 14.3 Å². The fraction of sp³-hybridized carbons (Fsp3) is 0.136. The molecule has 0 aromatic heterocycles. The number of hydrogen-bond donors (Lipinski definition) is 3. The maximum atomic E-state index is 13.3. The predicted octanol–water partition coefficient (Wildman–Crippen LogP) is 3.71. The largest absolute Gasteiger partial charge is 0.326 e. The van der Waals surface area contributed by atoms with E-state index in [9.17, 15) is 22.0 Å². The number of aryl methyl sites for hydroxylation is 1. The van der Waals surface area contributed by atoms with Gasteiger partial charge in [-0.2, -0.15) is 0 Å². The number of amides is 1. The fourth-order valence-corrected chi connectivity index (χ4v) is 4.15. The van der Waals surface area contributed by atoms with Gasteiger partial charge in [0.1, 0.15) is 0 Å². The number of nitrogens with two attached hydrogens (primary N) is 1. The molecule has 0 radical (unpaired) electrons. The molecule has 6 nitrogen and oxygen atoms in total. The van der Waals surface area contributed by atoms with Gasteiger partial charge in [0.25, 0.3) is 10.0 Å². The summed E-state index contributed by atoms with van der Waals surface area (Å²) in [6.07, 6.45) is -0.180. The van der Waals surface area contributed by atoms with E-state index >= 15 is 0 Å². The monoisotopic (exact) mass is 445 g/mol. The summed E-state index contributed by atoms with van der Waals surface area (Å²) < 4.78 is 54.4. The zero-order valence-corrected chi connectivity index (χ0v) is 17.5. The van der Waals surface area contributed by atoms with Crippen LogP contribution in [0.1, 0.15) is 16.7 Å². The third-order valence-corrected chi connectivity index (χ3v) is 5.87. The molecule has 3 aromatic rings. The molecule has 0 atom stereocenters. The summed E-state index contributed by atoms with van der Waals surface area (Å²) in [6.45, 7) is 1.86. The van der Waals surface area contributed by atoms with Gasteiger partial charge in [0.2, 0.25) is 5.91 Å². The molecule has 162 valence electrons. The van der Waals surface area contributed by atoms with Crippen LogP contribution in [0.2, 0.25) is 0 Å². The van der Waals surface area contributed by atoms with Crippen LogP contribution in [0.25, 0.3) is 0 Å². The second kappa shape index (κ2) is 9.23. The zero-order valence-electron chi connectivity index (χ0n) is 16.7. The van der Waals surface area contributed by atoms with Crippen molar-refractivity contribution in [2.75, 3.05) is 10.0 Å². The van der Waals surface area contributed by atoms with Crippen molar-refractivity contribution in [1.29, 1.82) is 0 Å². The van der Waals surface area contributed by atoms with Crippen molar-refractivity contribution in [2.24, 2.45) is 5.73 Å². The van der Waals surface area contributed by atoms with Crippen molar-refractivity contribution in [3.05, 3.63) is 89.0 Å². The molecule has 0 aliphatic heterocycles. The molecule has 0 spiro atoms. The summed E-state index contributed by atoms with van der Waals surface area (Å²) in [5.41, 5.74) is 7.91. The summed E-state index contributed by atoms with van der Waals surface area (Å²) in [6, 6.07) is 14.3. The first kappa shape index (κ1) is 22.4. The number of nitrogens with one attached hydrogen (secondary N) is 2. The Morgan fingerprint density at radius 1 is 1.00 bits per heavy atom. The number of hydrogen-bond acceptors (Lipinski definition) is 4. The lowest BCUT2D eigenvalue weighted by Gasteiger charge is -2.14. The van der Waals surface area contributed by atoms with Gasteiger partial charge in [0, 0.05) is 12.2 Å². The van der Waals surface area contributed by atoms with E-state index in [-0.39, 0.29) is 23.5 Å². The Morgan fingerprint density at radius 2 is 1.77 bits per heavy atom. The zero-order chi connectivity index (χ0) is 22.6. The molecule has 1 amide bonds. The van der Waals surface area contributed by atoms with Crippen LogP contribution >= 0.6 is 0 Å². The van der Waals surface area contributed by atoms with Crippen molar-refractivity contribution in [3.8, 4) is 0 Å². The molecule has 3 rings (SSSR count). The van der Waals surface area contributed by atoms with Crippen molar-refractivity contribution in [3.63, 3.8) is 0 Å². The second-order valence-corrected chi connectivity index (χ2v) is 8.65. The number of carbonyl (C=O) groups is 1. The van der Waals surface area contributed by atoms with Crippen molar-refractivity contribution in [2.45, 2.75) is 24.8 Å². The standard InChI is InChI=1S/C22H21F2N3O3S/c1-14-3-2-4-18(9-14)31(29,30)27-21-12-17(7-6-16(21)13-25)26-22(28)11-15-5-8-19(23)20(24)10-15/h2-10,12,27H,11,13,25H2,1H3,(H,26,28). The Morgan fingerprint density at radius 3 is 2.45 bits per heavy atom. The van der Waals surface area contributed by atoms with Gasteiger partial charge in [-0.05, 0) is 60.0 Å². The molecule has 0 fully saturated rings. The average molecular weight is 445 g/mol. The molecule has 0 heterocycles. The lowest BCUT2D eigenvalue weighted by molar-refractivity contribution is -0.115. The predicted molar refractivity (Wildman–Crippen MR) is 115 cm³/mol. The fourth-order valence-electron chi connectivity index (χ4n) is 2.95. The van der Waals surface area contributed by atoms with Crippen LogP contribution in [0.15, 0.2) is 65.6 Å². The smallest absolute Gasteiger partial charge is 0.261 e. The van der Waals surface area contributed by atoms with E-state index in [1.807, 2.05) is 0 Å². The molecule has 31 heavy (non-hydrogen) atoms. The number of sulfonamides is 1. The lowest BCUT2D eigenvalue weighted by atomic mass is 10.1. The molecular weight excluding hydrogens is 424 g/mol. The lowest BCUT2D eigenvalue weighted by Crippen LogP contribution is -2.17. The van der Waals surface area contributed by atoms with Crippen molar-refractivity contribution < 1.29 is 22.0 Å². The second-order valence-electron chi connectivity index (χ2n) is 6.97. The molecule has 0 bridgehead atoms. The first-order valence-electron chi connectivity index (χ1n) is 9.34. The van der Waals surface area contributed by atoms with Gasteiger partial charge in [-0.25, -0.2) is 17.2 Å². The van der Waals surface area contributed by atoms with Gasteiger partial charge >= 0.3 is 0 Å². The van der Waals surface area contributed by atoms with E-state index in [0.717, 1.165) is 17.7 Å². The summed E-state index contributed by atoms with van der Waals surface area (Å²) >= 11 is 0. The highest BCUT2D eigenvalue weighted by Crippen LogP contribution is 2.24. The molecule has 0 aliphatic rings. The molecule has 0 saturated carbocycles. The quantitative estimate of drug-likeness (QED) is 0.516. The molecule has 4 N–H and O–H groups in total. The Bertz CT molecular complexity index is 1230. The SMILES string of the molecule is Cc1cccc(S(=O)(=O)Nc2cc(NC(=O)Cc3ccc(F)c(F)c3)ccc2CN)c1. The van der Waals surface area contributed by atoms with E-state index in [1.165, 1.54) is 24.3 Å². The van der Waals surface area contributed by atoms with E-state index in [0.29, 0.717) is 16.8 Å². The molecule has 0 saturated heterocycles. The normalized spacial score (nSPS) is 11.2. The Balaban J connectivity index is 1.80. The van der Waals surface area contributed by atoms with E-state index in [4.69, 9.17) is 5.73 Å². The molecule has 3 aromatic carbocycles. The van der Waals surface area contributed by atoms with Crippen molar-refractivity contribution >= 4 is 27.3 Å². The number of rotatable bonds is 7. The number of benzene rings is 3. The minimum atomic E-state index is -3.87. The van der Waals surface area contributed by atoms with Gasteiger partial charge in [-0.15, -0.1) is 0 Å². The van der Waals surface area contributed by atoms with Crippen LogP contribution in [0.3, 0.4) is 0 Å². The summed E-state index contributed by atoms with van der Waals surface area (Å²) in [4.78, 5) is 12.4. The maximum Gasteiger partial charge on any atom is 0.261 e. The summed E-state index contributed by atoms with van der Waals surface area (Å²) in [5, 5.41) is 2.62. The van der Waals surface area contributed by atoms with Crippen LogP contribution in [0.5, 0.6) is 0 Å². The minimum Gasteiger partial charge on any atom is -0.326 e. The topological polar surface area (TPSA) is 101 Å². The number of halogens is 2. The number of anilines is 2. The highest BCUT2D eigenvalue weighted by molar-refractivity contribution is 7.92. The van der Waals surface area contributed by atoms with E-state index < -0.39 is 27.6 Å². The number of carbonyl (C=O) groups excluding carboxylic acids is 1. The van der Waals surface area contributed by atoms with Crippen LogP contribution in [0, 0.1) is 18.6 Å². The van der Waals surface area contributed by atoms with Crippen LogP contribution in [-0.2, 0) is 27.8 Å².